The molecule has 6 nitrogen and oxygen atoms in total. The Hall–Kier alpha value is -2.64. The van der Waals surface area contributed by atoms with Crippen LogP contribution in [0.1, 0.15) is 6.92 Å². The Bertz CT molecular complexity index is 817. The first-order valence-electron chi connectivity index (χ1n) is 8.43. The van der Waals surface area contributed by atoms with Crippen molar-refractivity contribution in [2.45, 2.75) is 6.92 Å². The molecule has 2 rings (SSSR count). The molecule has 0 aromatic heterocycles. The maximum absolute atomic E-state index is 13.7. The second-order valence-corrected chi connectivity index (χ2v) is 6.35. The molecule has 8 heteroatoms. The smallest absolute Gasteiger partial charge is 0.279 e. The predicted octanol–water partition coefficient (Wildman–Crippen LogP) is 1.97. The molecular weight excluding hydrogens is 373 g/mol. The largest absolute Gasteiger partial charge is 0.497 e. The van der Waals surface area contributed by atoms with Crippen LogP contribution in [0.25, 0.3) is 0 Å². The van der Waals surface area contributed by atoms with Crippen LogP contribution in [0.4, 0.5) is 15.8 Å². The van der Waals surface area contributed by atoms with E-state index in [1.165, 1.54) is 18.2 Å². The number of ether oxygens (including phenoxy) is 1. The number of benzene rings is 2. The number of carbonyl (C=O) groups is 2. The fraction of sp³-hybridized carbons (Fsp3) is 0.263. The Kier molecular flexibility index (Phi) is 7.57. The van der Waals surface area contributed by atoms with E-state index in [0.717, 1.165) is 4.90 Å². The molecule has 0 aliphatic heterocycles. The number of hydrogen-bond donors (Lipinski definition) is 3. The van der Waals surface area contributed by atoms with E-state index >= 15 is 0 Å². The number of rotatable bonds is 8. The van der Waals surface area contributed by atoms with E-state index < -0.39 is 11.7 Å². The van der Waals surface area contributed by atoms with Crippen molar-refractivity contribution in [1.29, 1.82) is 0 Å². The third-order valence-electron chi connectivity index (χ3n) is 3.88. The summed E-state index contributed by atoms with van der Waals surface area (Å²) in [5.74, 6) is -0.568. The summed E-state index contributed by atoms with van der Waals surface area (Å²) < 4.78 is 18.8. The van der Waals surface area contributed by atoms with Crippen LogP contribution >= 0.6 is 11.6 Å². The molecule has 27 heavy (non-hydrogen) atoms. The lowest BCUT2D eigenvalue weighted by Crippen LogP contribution is -3.13. The third-order valence-corrected chi connectivity index (χ3v) is 4.11. The average Bonchev–Trinajstić information content (AvgIpc) is 2.64. The lowest BCUT2D eigenvalue weighted by Gasteiger charge is -2.17. The van der Waals surface area contributed by atoms with E-state index in [2.05, 4.69) is 10.6 Å². The van der Waals surface area contributed by atoms with Crippen molar-refractivity contribution in [3.05, 3.63) is 53.3 Å². The number of amides is 2. The highest BCUT2D eigenvalue weighted by Gasteiger charge is 2.18. The SMILES string of the molecule is CC[NH+](CC(=O)Nc1cccc(OC)c1)CC(=O)Nc1cc(Cl)ccc1F. The maximum atomic E-state index is 13.7. The molecule has 3 N–H and O–H groups in total. The summed E-state index contributed by atoms with van der Waals surface area (Å²) in [7, 11) is 1.55. The lowest BCUT2D eigenvalue weighted by molar-refractivity contribution is -0.881. The van der Waals surface area contributed by atoms with Gasteiger partial charge < -0.3 is 20.3 Å². The summed E-state index contributed by atoms with van der Waals surface area (Å²) in [6, 6.07) is 10.9. The molecule has 0 heterocycles. The highest BCUT2D eigenvalue weighted by molar-refractivity contribution is 6.30. The number of anilines is 2. The van der Waals surface area contributed by atoms with E-state index in [1.807, 2.05) is 6.92 Å². The second kappa shape index (κ2) is 9.89. The predicted molar refractivity (Wildman–Crippen MR) is 103 cm³/mol. The molecule has 1 unspecified atom stereocenters. The zero-order valence-electron chi connectivity index (χ0n) is 15.1. The minimum absolute atomic E-state index is 0.0174. The lowest BCUT2D eigenvalue weighted by atomic mass is 10.3. The molecule has 0 bridgehead atoms. The molecule has 0 radical (unpaired) electrons. The molecule has 2 amide bonds. The highest BCUT2D eigenvalue weighted by atomic mass is 35.5. The number of halogens is 2. The first kappa shape index (κ1) is 20.7. The van der Waals surface area contributed by atoms with Gasteiger partial charge in [0.15, 0.2) is 13.1 Å². The van der Waals surface area contributed by atoms with Crippen LogP contribution in [-0.2, 0) is 9.59 Å². The number of likely N-dealkylation sites (N-methyl/N-ethyl adjacent to an activating group) is 1. The number of carbonyl (C=O) groups excluding carboxylic acids is 2. The Labute approximate surface area is 162 Å². The van der Waals surface area contributed by atoms with Gasteiger partial charge in [-0.05, 0) is 37.3 Å². The van der Waals surface area contributed by atoms with E-state index in [9.17, 15) is 14.0 Å². The van der Waals surface area contributed by atoms with Gasteiger partial charge in [0.25, 0.3) is 11.8 Å². The zero-order valence-corrected chi connectivity index (χ0v) is 15.9. The standard InChI is InChI=1S/C19H21ClFN3O3/c1-3-24(11-18(25)22-14-5-4-6-15(10-14)27-2)12-19(26)23-17-9-13(20)7-8-16(17)21/h4-10H,3,11-12H2,1-2H3,(H,22,25)(H,23,26)/p+1. The molecule has 0 saturated heterocycles. The van der Waals surface area contributed by atoms with Crippen molar-refractivity contribution in [2.75, 3.05) is 37.4 Å². The quantitative estimate of drug-likeness (QED) is 0.641. The molecule has 0 fully saturated rings. The van der Waals surface area contributed by atoms with Gasteiger partial charge in [-0.25, -0.2) is 4.39 Å². The number of methoxy groups -OCH3 is 1. The Morgan fingerprint density at radius 1 is 1.11 bits per heavy atom. The fourth-order valence-corrected chi connectivity index (χ4v) is 2.63. The first-order valence-corrected chi connectivity index (χ1v) is 8.81. The fourth-order valence-electron chi connectivity index (χ4n) is 2.46. The van der Waals surface area contributed by atoms with Crippen molar-refractivity contribution < 1.29 is 23.6 Å². The topological polar surface area (TPSA) is 71.9 Å². The summed E-state index contributed by atoms with van der Waals surface area (Å²) >= 11 is 5.82. The van der Waals surface area contributed by atoms with Gasteiger partial charge in [0.2, 0.25) is 0 Å². The van der Waals surface area contributed by atoms with Crippen LogP contribution < -0.4 is 20.3 Å². The van der Waals surface area contributed by atoms with Gasteiger partial charge in [0, 0.05) is 16.8 Å². The van der Waals surface area contributed by atoms with E-state index in [0.29, 0.717) is 23.0 Å². The summed E-state index contributed by atoms with van der Waals surface area (Å²) in [4.78, 5) is 25.1. The molecule has 1 atom stereocenters. The molecule has 0 aliphatic carbocycles. The first-order chi connectivity index (χ1) is 12.9. The van der Waals surface area contributed by atoms with Gasteiger partial charge in [-0.15, -0.1) is 0 Å². The van der Waals surface area contributed by atoms with Crippen molar-refractivity contribution in [1.82, 2.24) is 0 Å². The van der Waals surface area contributed by atoms with Crippen LogP contribution in [-0.4, -0.2) is 38.6 Å². The highest BCUT2D eigenvalue weighted by Crippen LogP contribution is 2.19. The molecular formula is C19H22ClFN3O3+. The summed E-state index contributed by atoms with van der Waals surface area (Å²) in [6.45, 7) is 2.53. The van der Waals surface area contributed by atoms with Crippen LogP contribution in [0.15, 0.2) is 42.5 Å². The molecule has 2 aromatic carbocycles. The van der Waals surface area contributed by atoms with Crippen LogP contribution in [0.5, 0.6) is 5.75 Å². The van der Waals surface area contributed by atoms with Gasteiger partial charge in [-0.2, -0.15) is 0 Å². The number of hydrogen-bond acceptors (Lipinski definition) is 3. The van der Waals surface area contributed by atoms with Crippen molar-refractivity contribution in [2.24, 2.45) is 0 Å². The summed E-state index contributed by atoms with van der Waals surface area (Å²) in [6.07, 6.45) is 0. The Morgan fingerprint density at radius 3 is 2.48 bits per heavy atom. The molecule has 144 valence electrons. The van der Waals surface area contributed by atoms with Crippen molar-refractivity contribution >= 4 is 34.8 Å². The summed E-state index contributed by atoms with van der Waals surface area (Å²) in [5, 5.41) is 5.58. The van der Waals surface area contributed by atoms with Crippen molar-refractivity contribution in [3.63, 3.8) is 0 Å². The van der Waals surface area contributed by atoms with Gasteiger partial charge in [-0.1, -0.05) is 17.7 Å². The summed E-state index contributed by atoms with van der Waals surface area (Å²) in [5.41, 5.74) is 0.629. The van der Waals surface area contributed by atoms with Gasteiger partial charge >= 0.3 is 0 Å². The van der Waals surface area contributed by atoms with Gasteiger partial charge in [0.05, 0.1) is 19.3 Å². The average molecular weight is 395 g/mol. The molecule has 2 aromatic rings. The van der Waals surface area contributed by atoms with Crippen LogP contribution in [0, 0.1) is 5.82 Å². The normalized spacial score (nSPS) is 11.6. The Balaban J connectivity index is 1.91. The zero-order chi connectivity index (χ0) is 19.8. The van der Waals surface area contributed by atoms with Gasteiger partial charge in [0.1, 0.15) is 11.6 Å². The van der Waals surface area contributed by atoms with Gasteiger partial charge in [-0.3, -0.25) is 9.59 Å². The maximum Gasteiger partial charge on any atom is 0.279 e. The minimum Gasteiger partial charge on any atom is -0.497 e. The number of quaternary nitrogens is 1. The van der Waals surface area contributed by atoms with E-state index in [4.69, 9.17) is 16.3 Å². The van der Waals surface area contributed by atoms with Crippen LogP contribution in [0.2, 0.25) is 5.02 Å². The molecule has 0 saturated carbocycles. The monoisotopic (exact) mass is 394 g/mol. The minimum atomic E-state index is -0.568. The molecule has 0 spiro atoms. The Morgan fingerprint density at radius 2 is 1.81 bits per heavy atom. The van der Waals surface area contributed by atoms with Crippen LogP contribution in [0.3, 0.4) is 0 Å². The second-order valence-electron chi connectivity index (χ2n) is 5.91. The number of nitrogens with one attached hydrogen (secondary N) is 3. The van der Waals surface area contributed by atoms with E-state index in [-0.39, 0.29) is 24.7 Å². The van der Waals surface area contributed by atoms with E-state index in [1.54, 1.807) is 31.4 Å². The molecule has 0 aliphatic rings. The van der Waals surface area contributed by atoms with Crippen molar-refractivity contribution in [3.8, 4) is 5.75 Å². The third kappa shape index (κ3) is 6.54.